The first-order valence-corrected chi connectivity index (χ1v) is 7.00. The molecule has 0 saturated heterocycles. The summed E-state index contributed by atoms with van der Waals surface area (Å²) in [5.74, 6) is 0.351. The van der Waals surface area contributed by atoms with Crippen LogP contribution in [0.15, 0.2) is 0 Å². The maximum absolute atomic E-state index is 6.17. The smallest absolute Gasteiger partial charge is 0.205 e. The first-order chi connectivity index (χ1) is 8.57. The predicted octanol–water partition coefficient (Wildman–Crippen LogP) is 4.77. The van der Waals surface area contributed by atoms with Gasteiger partial charge >= 0.3 is 0 Å². The van der Waals surface area contributed by atoms with Gasteiger partial charge in [-0.25, -0.2) is 0 Å². The molecule has 0 spiro atoms. The number of hydrogen-bond donors (Lipinski definition) is 0. The molecule has 0 saturated carbocycles. The maximum Gasteiger partial charge on any atom is 0.205 e. The highest BCUT2D eigenvalue weighted by Gasteiger charge is 2.25. The van der Waals surface area contributed by atoms with Crippen molar-refractivity contribution >= 4 is 0 Å². The molecule has 0 aliphatic heterocycles. The minimum Gasteiger partial charge on any atom is -0.462 e. The highest BCUT2D eigenvalue weighted by Crippen LogP contribution is 2.34. The minimum absolute atomic E-state index is 0.142. The molecule has 0 heterocycles. The van der Waals surface area contributed by atoms with E-state index in [1.165, 1.54) is 27.8 Å². The van der Waals surface area contributed by atoms with Crippen molar-refractivity contribution in [3.05, 3.63) is 27.8 Å². The van der Waals surface area contributed by atoms with E-state index >= 15 is 0 Å². The Hall–Kier alpha value is -1.02. The third kappa shape index (κ3) is 3.50. The lowest BCUT2D eigenvalue weighted by atomic mass is 9.94. The lowest BCUT2D eigenvalue weighted by Crippen LogP contribution is -2.35. The summed E-state index contributed by atoms with van der Waals surface area (Å²) in [4.78, 5) is 0. The topological polar surface area (TPSA) is 18.5 Å². The molecule has 108 valence electrons. The van der Waals surface area contributed by atoms with E-state index in [1.54, 1.807) is 0 Å². The van der Waals surface area contributed by atoms with Crippen molar-refractivity contribution in [3.63, 3.8) is 0 Å². The fourth-order valence-electron chi connectivity index (χ4n) is 2.46. The quantitative estimate of drug-likeness (QED) is 0.729. The molecule has 0 radical (unpaired) electrons. The second-order valence-corrected chi connectivity index (χ2v) is 6.12. The lowest BCUT2D eigenvalue weighted by Gasteiger charge is -2.31. The lowest BCUT2D eigenvalue weighted by molar-refractivity contribution is -0.179. The Bertz CT molecular complexity index is 442. The summed E-state index contributed by atoms with van der Waals surface area (Å²) in [7, 11) is 0. The SMILES string of the molecule is Cc1c(C)c(C)c(OC(C)(C)OC(C)C)c(C)c1C. The molecular weight excluding hydrogens is 236 g/mol. The van der Waals surface area contributed by atoms with Gasteiger partial charge in [0.25, 0.3) is 0 Å². The monoisotopic (exact) mass is 264 g/mol. The van der Waals surface area contributed by atoms with Crippen molar-refractivity contribution in [2.24, 2.45) is 0 Å². The van der Waals surface area contributed by atoms with Gasteiger partial charge in [0.1, 0.15) is 5.75 Å². The van der Waals surface area contributed by atoms with Gasteiger partial charge in [-0.1, -0.05) is 0 Å². The van der Waals surface area contributed by atoms with Crippen molar-refractivity contribution in [3.8, 4) is 5.75 Å². The zero-order chi connectivity index (χ0) is 15.0. The molecule has 1 aromatic carbocycles. The van der Waals surface area contributed by atoms with E-state index < -0.39 is 5.79 Å². The van der Waals surface area contributed by atoms with E-state index in [-0.39, 0.29) is 6.10 Å². The third-order valence-electron chi connectivity index (χ3n) is 3.80. The van der Waals surface area contributed by atoms with Gasteiger partial charge in [0, 0.05) is 13.8 Å². The fraction of sp³-hybridized carbons (Fsp3) is 0.647. The standard InChI is InChI=1S/C17H28O2/c1-10(2)18-17(8,9)19-16-14(6)12(4)11(3)13(5)15(16)7/h10H,1-9H3. The predicted molar refractivity (Wildman–Crippen MR) is 81.1 cm³/mol. The largest absolute Gasteiger partial charge is 0.462 e. The molecule has 0 aliphatic carbocycles. The number of rotatable bonds is 4. The summed E-state index contributed by atoms with van der Waals surface area (Å²) < 4.78 is 12.0. The van der Waals surface area contributed by atoms with Crippen LogP contribution in [0.4, 0.5) is 0 Å². The van der Waals surface area contributed by atoms with Gasteiger partial charge in [0.2, 0.25) is 5.79 Å². The van der Waals surface area contributed by atoms with Crippen LogP contribution in [-0.2, 0) is 4.74 Å². The molecule has 0 bridgehead atoms. The average molecular weight is 264 g/mol. The Balaban J connectivity index is 3.22. The van der Waals surface area contributed by atoms with Gasteiger partial charge < -0.3 is 9.47 Å². The summed E-state index contributed by atoms with van der Waals surface area (Å²) >= 11 is 0. The van der Waals surface area contributed by atoms with Crippen molar-refractivity contribution in [2.75, 3.05) is 0 Å². The third-order valence-corrected chi connectivity index (χ3v) is 3.80. The van der Waals surface area contributed by atoms with Gasteiger partial charge in [0.05, 0.1) is 6.10 Å². The van der Waals surface area contributed by atoms with Crippen molar-refractivity contribution in [1.82, 2.24) is 0 Å². The van der Waals surface area contributed by atoms with Gasteiger partial charge in [-0.2, -0.15) is 0 Å². The molecule has 0 aromatic heterocycles. The van der Waals surface area contributed by atoms with Crippen LogP contribution in [0.2, 0.25) is 0 Å². The van der Waals surface area contributed by atoms with Gasteiger partial charge in [-0.05, 0) is 76.3 Å². The molecule has 0 aliphatic rings. The summed E-state index contributed by atoms with van der Waals surface area (Å²) in [6, 6.07) is 0. The second-order valence-electron chi connectivity index (χ2n) is 6.12. The first kappa shape index (κ1) is 16.0. The van der Waals surface area contributed by atoms with Crippen LogP contribution in [0.1, 0.15) is 55.5 Å². The van der Waals surface area contributed by atoms with Crippen LogP contribution in [0.3, 0.4) is 0 Å². The zero-order valence-electron chi connectivity index (χ0n) is 13.9. The summed E-state index contributed by atoms with van der Waals surface area (Å²) in [6.07, 6.45) is 0.142. The number of hydrogen-bond acceptors (Lipinski definition) is 2. The van der Waals surface area contributed by atoms with E-state index in [4.69, 9.17) is 9.47 Å². The molecule has 0 unspecified atom stereocenters. The molecule has 0 amide bonds. The zero-order valence-corrected chi connectivity index (χ0v) is 13.9. The van der Waals surface area contributed by atoms with Crippen LogP contribution in [0, 0.1) is 34.6 Å². The van der Waals surface area contributed by atoms with Crippen LogP contribution in [-0.4, -0.2) is 11.9 Å². The van der Waals surface area contributed by atoms with Crippen molar-refractivity contribution < 1.29 is 9.47 Å². The Morgan fingerprint density at radius 3 is 1.47 bits per heavy atom. The summed E-state index contributed by atoms with van der Waals surface area (Å²) in [5, 5.41) is 0. The summed E-state index contributed by atoms with van der Waals surface area (Å²) in [5.41, 5.74) is 6.38. The van der Waals surface area contributed by atoms with Crippen molar-refractivity contribution in [2.45, 2.75) is 74.2 Å². The van der Waals surface area contributed by atoms with E-state index in [0.29, 0.717) is 0 Å². The molecule has 2 nitrogen and oxygen atoms in total. The van der Waals surface area contributed by atoms with E-state index in [9.17, 15) is 0 Å². The fourth-order valence-corrected chi connectivity index (χ4v) is 2.46. The molecular formula is C17H28O2. The Morgan fingerprint density at radius 1 is 0.737 bits per heavy atom. The Morgan fingerprint density at radius 2 is 1.11 bits per heavy atom. The Labute approximate surface area is 118 Å². The number of benzene rings is 1. The molecule has 0 fully saturated rings. The highest BCUT2D eigenvalue weighted by atomic mass is 16.7. The molecule has 0 atom stereocenters. The molecule has 19 heavy (non-hydrogen) atoms. The van der Waals surface area contributed by atoms with Gasteiger partial charge in [0.15, 0.2) is 0 Å². The van der Waals surface area contributed by atoms with E-state index in [2.05, 4.69) is 34.6 Å². The van der Waals surface area contributed by atoms with Gasteiger partial charge in [-0.3, -0.25) is 0 Å². The molecule has 2 heteroatoms. The molecule has 1 aromatic rings. The number of ether oxygens (including phenoxy) is 2. The van der Waals surface area contributed by atoms with Crippen molar-refractivity contribution in [1.29, 1.82) is 0 Å². The highest BCUT2D eigenvalue weighted by molar-refractivity contribution is 5.53. The first-order valence-electron chi connectivity index (χ1n) is 7.00. The van der Waals surface area contributed by atoms with E-state index in [0.717, 1.165) is 5.75 Å². The normalized spacial score (nSPS) is 12.1. The van der Waals surface area contributed by atoms with Crippen LogP contribution in [0.25, 0.3) is 0 Å². The minimum atomic E-state index is -0.613. The molecule has 0 N–H and O–H groups in total. The van der Waals surface area contributed by atoms with Crippen LogP contribution in [0.5, 0.6) is 5.75 Å². The van der Waals surface area contributed by atoms with Crippen LogP contribution >= 0.6 is 0 Å². The van der Waals surface area contributed by atoms with E-state index in [1.807, 2.05) is 27.7 Å². The average Bonchev–Trinajstić information content (AvgIpc) is 2.28. The molecule has 1 rings (SSSR count). The van der Waals surface area contributed by atoms with Crippen LogP contribution < -0.4 is 4.74 Å². The Kier molecular flexibility index (Phi) is 4.67. The summed E-state index contributed by atoms with van der Waals surface area (Å²) in [6.45, 7) is 18.7. The van der Waals surface area contributed by atoms with Gasteiger partial charge in [-0.15, -0.1) is 0 Å². The second kappa shape index (κ2) is 5.54. The maximum atomic E-state index is 6.17.